The molecule has 6 N–H and O–H groups in total. The Morgan fingerprint density at radius 2 is 2.06 bits per heavy atom. The Bertz CT molecular complexity index is 1140. The quantitative estimate of drug-likeness (QED) is 0.324. The van der Waals surface area contributed by atoms with E-state index in [4.69, 9.17) is 5.73 Å². The Labute approximate surface area is 179 Å². The maximum atomic E-state index is 11.7. The normalized spacial score (nSPS) is 16.4. The number of nitrogens with two attached hydrogens (primary N) is 1. The number of rotatable bonds is 8. The van der Waals surface area contributed by atoms with Crippen LogP contribution in [-0.4, -0.2) is 59.3 Å². The van der Waals surface area contributed by atoms with Crippen molar-refractivity contribution in [2.45, 2.75) is 18.2 Å². The maximum absolute atomic E-state index is 11.7. The first-order valence-electron chi connectivity index (χ1n) is 9.71. The minimum absolute atomic E-state index is 0.0927. The summed E-state index contributed by atoms with van der Waals surface area (Å²) in [7, 11) is -1.94. The monoisotopic (exact) mass is 444 g/mol. The zero-order valence-corrected chi connectivity index (χ0v) is 17.7. The van der Waals surface area contributed by atoms with Crippen molar-refractivity contribution in [2.24, 2.45) is 0 Å². The molecule has 1 saturated heterocycles. The van der Waals surface area contributed by atoms with Gasteiger partial charge in [0, 0.05) is 24.3 Å². The molecule has 0 amide bonds. The molecular formula is C18H24N10O2S. The van der Waals surface area contributed by atoms with Crippen LogP contribution in [0.5, 0.6) is 0 Å². The number of nitrogens with zero attached hydrogens (tertiary/aromatic N) is 5. The summed E-state index contributed by atoms with van der Waals surface area (Å²) < 4.78 is 27.0. The van der Waals surface area contributed by atoms with Crippen molar-refractivity contribution in [1.82, 2.24) is 34.8 Å². The van der Waals surface area contributed by atoms with E-state index in [-0.39, 0.29) is 11.7 Å². The Morgan fingerprint density at radius 1 is 1.26 bits per heavy atom. The Kier molecular flexibility index (Phi) is 5.97. The van der Waals surface area contributed by atoms with E-state index in [0.717, 1.165) is 19.5 Å². The second-order valence-corrected chi connectivity index (χ2v) is 9.01. The van der Waals surface area contributed by atoms with Crippen molar-refractivity contribution in [2.75, 3.05) is 36.5 Å². The van der Waals surface area contributed by atoms with Crippen molar-refractivity contribution in [1.29, 1.82) is 0 Å². The van der Waals surface area contributed by atoms with Crippen LogP contribution >= 0.6 is 0 Å². The lowest BCUT2D eigenvalue weighted by Crippen LogP contribution is -2.22. The predicted molar refractivity (Wildman–Crippen MR) is 118 cm³/mol. The van der Waals surface area contributed by atoms with Crippen LogP contribution in [0.3, 0.4) is 0 Å². The van der Waals surface area contributed by atoms with Crippen molar-refractivity contribution in [3.05, 3.63) is 42.2 Å². The molecule has 4 rings (SSSR count). The Morgan fingerprint density at radius 3 is 2.77 bits per heavy atom. The lowest BCUT2D eigenvalue weighted by Gasteiger charge is -2.12. The molecule has 3 aromatic rings. The number of hydrogen-bond acceptors (Lipinski definition) is 10. The molecule has 1 fully saturated rings. The van der Waals surface area contributed by atoms with Crippen LogP contribution in [0.25, 0.3) is 5.82 Å². The fourth-order valence-corrected chi connectivity index (χ4v) is 3.96. The third-order valence-corrected chi connectivity index (χ3v) is 6.13. The molecule has 0 saturated carbocycles. The maximum Gasteiger partial charge on any atom is 0.248 e. The van der Waals surface area contributed by atoms with E-state index in [1.165, 1.54) is 18.1 Å². The van der Waals surface area contributed by atoms with E-state index in [9.17, 15) is 8.42 Å². The molecule has 13 heteroatoms. The highest BCUT2D eigenvalue weighted by Gasteiger charge is 2.16. The van der Waals surface area contributed by atoms with Gasteiger partial charge in [-0.1, -0.05) is 12.1 Å². The summed E-state index contributed by atoms with van der Waals surface area (Å²) in [5.41, 5.74) is 7.39. The predicted octanol–water partition coefficient (Wildman–Crippen LogP) is 0.206. The molecule has 31 heavy (non-hydrogen) atoms. The third-order valence-electron chi connectivity index (χ3n) is 4.79. The van der Waals surface area contributed by atoms with Crippen molar-refractivity contribution < 1.29 is 8.42 Å². The van der Waals surface area contributed by atoms with E-state index in [1.807, 2.05) is 0 Å². The van der Waals surface area contributed by atoms with E-state index in [2.05, 4.69) is 40.7 Å². The number of aromatic nitrogens is 5. The third kappa shape index (κ3) is 5.25. The molecule has 0 radical (unpaired) electrons. The first kappa shape index (κ1) is 21.0. The lowest BCUT2D eigenvalue weighted by atomic mass is 10.2. The van der Waals surface area contributed by atoms with Crippen LogP contribution in [0.1, 0.15) is 12.0 Å². The van der Waals surface area contributed by atoms with Gasteiger partial charge in [-0.05, 0) is 37.7 Å². The van der Waals surface area contributed by atoms with E-state index < -0.39 is 10.0 Å². The molecule has 0 spiro atoms. The van der Waals surface area contributed by atoms with Crippen molar-refractivity contribution in [3.8, 4) is 5.82 Å². The standard InChI is InChI=1S/C18H24N10O2S/c1-20-31(29,30)10-12-2-4-13(5-3-12)25-18-26-17(19)28(27-18)16-8-15(22-11-23-16)24-14-6-7-21-9-14/h2-5,8,11,14,20-21H,6-7,9-10H2,1H3,(H,22,23,24)(H3,19,25,26,27). The van der Waals surface area contributed by atoms with Crippen molar-refractivity contribution >= 4 is 33.4 Å². The Balaban J connectivity index is 1.46. The molecule has 1 unspecified atom stereocenters. The molecular weight excluding hydrogens is 420 g/mol. The van der Waals surface area contributed by atoms with Crippen LogP contribution in [-0.2, 0) is 15.8 Å². The summed E-state index contributed by atoms with van der Waals surface area (Å²) in [6, 6.07) is 9.03. The zero-order valence-electron chi connectivity index (χ0n) is 16.9. The lowest BCUT2D eigenvalue weighted by molar-refractivity contribution is 0.587. The molecule has 164 valence electrons. The highest BCUT2D eigenvalue weighted by molar-refractivity contribution is 7.88. The molecule has 1 aliphatic rings. The number of hydrogen-bond donors (Lipinski definition) is 5. The molecule has 3 heterocycles. The van der Waals surface area contributed by atoms with Gasteiger partial charge in [-0.25, -0.2) is 23.1 Å². The average molecular weight is 445 g/mol. The summed E-state index contributed by atoms with van der Waals surface area (Å²) in [5, 5.41) is 14.1. The first-order valence-corrected chi connectivity index (χ1v) is 11.4. The minimum atomic E-state index is -3.32. The van der Waals surface area contributed by atoms with E-state index in [0.29, 0.717) is 34.9 Å². The van der Waals surface area contributed by atoms with Gasteiger partial charge in [0.25, 0.3) is 0 Å². The minimum Gasteiger partial charge on any atom is -0.368 e. The second kappa shape index (κ2) is 8.83. The van der Waals surface area contributed by atoms with Crippen LogP contribution in [0.2, 0.25) is 0 Å². The van der Waals surface area contributed by atoms with Gasteiger partial charge in [0.05, 0.1) is 5.75 Å². The van der Waals surface area contributed by atoms with Crippen molar-refractivity contribution in [3.63, 3.8) is 0 Å². The largest absolute Gasteiger partial charge is 0.368 e. The highest BCUT2D eigenvalue weighted by Crippen LogP contribution is 2.19. The molecule has 2 aromatic heterocycles. The summed E-state index contributed by atoms with van der Waals surface area (Å²) in [4.78, 5) is 12.7. The molecule has 0 bridgehead atoms. The van der Waals surface area contributed by atoms with Gasteiger partial charge in [0.15, 0.2) is 5.82 Å². The number of nitrogens with one attached hydrogen (secondary N) is 4. The summed E-state index contributed by atoms with van der Waals surface area (Å²) in [6.45, 7) is 1.87. The van der Waals surface area contributed by atoms with Crippen LogP contribution in [0.4, 0.5) is 23.4 Å². The van der Waals surface area contributed by atoms with Crippen LogP contribution in [0.15, 0.2) is 36.7 Å². The fourth-order valence-electron chi connectivity index (χ4n) is 3.18. The summed E-state index contributed by atoms with van der Waals surface area (Å²) in [5.74, 6) is 1.56. The first-order chi connectivity index (χ1) is 14.9. The number of nitrogen functional groups attached to an aromatic ring is 1. The summed E-state index contributed by atoms with van der Waals surface area (Å²) >= 11 is 0. The highest BCUT2D eigenvalue weighted by atomic mass is 32.2. The molecule has 1 aromatic carbocycles. The number of anilines is 4. The molecule has 1 atom stereocenters. The van der Waals surface area contributed by atoms with Crippen LogP contribution < -0.4 is 26.4 Å². The van der Waals surface area contributed by atoms with E-state index >= 15 is 0 Å². The van der Waals surface area contributed by atoms with E-state index in [1.54, 1.807) is 30.3 Å². The van der Waals surface area contributed by atoms with Gasteiger partial charge in [-0.2, -0.15) is 9.67 Å². The fraction of sp³-hybridized carbons (Fsp3) is 0.333. The summed E-state index contributed by atoms with van der Waals surface area (Å²) in [6.07, 6.45) is 2.48. The van der Waals surface area contributed by atoms with Crippen LogP contribution in [0, 0.1) is 0 Å². The number of benzene rings is 1. The Hall–Kier alpha value is -3.29. The zero-order chi connectivity index (χ0) is 21.8. The van der Waals surface area contributed by atoms with Gasteiger partial charge in [0.1, 0.15) is 12.1 Å². The SMILES string of the molecule is CNS(=O)(=O)Cc1ccc(Nc2nc(N)n(-c3cc(NC4CCNC4)ncn3)n2)cc1. The van der Waals surface area contributed by atoms with Gasteiger partial charge >= 0.3 is 0 Å². The smallest absolute Gasteiger partial charge is 0.248 e. The van der Waals surface area contributed by atoms with Gasteiger partial charge < -0.3 is 21.7 Å². The van der Waals surface area contributed by atoms with Gasteiger partial charge in [0.2, 0.25) is 21.9 Å². The average Bonchev–Trinajstić information content (AvgIpc) is 3.39. The van der Waals surface area contributed by atoms with Gasteiger partial charge in [-0.15, -0.1) is 5.10 Å². The van der Waals surface area contributed by atoms with Gasteiger partial charge in [-0.3, -0.25) is 0 Å². The molecule has 12 nitrogen and oxygen atoms in total. The topological polar surface area (TPSA) is 165 Å². The number of sulfonamides is 1. The molecule has 1 aliphatic heterocycles. The molecule has 0 aliphatic carbocycles. The second-order valence-electron chi connectivity index (χ2n) is 7.09.